The predicted octanol–water partition coefficient (Wildman–Crippen LogP) is 2.30. The first-order chi connectivity index (χ1) is 7.71. The lowest BCUT2D eigenvalue weighted by Crippen LogP contribution is -2.32. The zero-order chi connectivity index (χ0) is 13.2. The third-order valence-corrected chi connectivity index (χ3v) is 2.21. The summed E-state index contributed by atoms with van der Waals surface area (Å²) < 4.78 is 37.4. The molecule has 0 aliphatic rings. The van der Waals surface area contributed by atoms with Gasteiger partial charge in [-0.05, 0) is 37.6 Å². The summed E-state index contributed by atoms with van der Waals surface area (Å²) in [7, 11) is 0. The summed E-state index contributed by atoms with van der Waals surface area (Å²) >= 11 is 0. The van der Waals surface area contributed by atoms with Crippen LogP contribution in [0.4, 0.5) is 18.9 Å². The van der Waals surface area contributed by atoms with Crippen molar-refractivity contribution in [3.05, 3.63) is 29.3 Å². The number of carbonyl (C=O) groups excluding carboxylic acids is 1. The van der Waals surface area contributed by atoms with Crippen LogP contribution in [0, 0.1) is 6.92 Å². The summed E-state index contributed by atoms with van der Waals surface area (Å²) in [5.74, 6) is -0.441. The molecule has 1 atom stereocenters. The molecule has 0 aromatic heterocycles. The lowest BCUT2D eigenvalue weighted by atomic mass is 10.1. The maximum absolute atomic E-state index is 12.5. The fraction of sp³-hybridized carbons (Fsp3) is 0.364. The van der Waals surface area contributed by atoms with E-state index in [1.54, 1.807) is 0 Å². The molecule has 17 heavy (non-hydrogen) atoms. The number of benzene rings is 1. The van der Waals surface area contributed by atoms with Gasteiger partial charge in [0.1, 0.15) is 0 Å². The summed E-state index contributed by atoms with van der Waals surface area (Å²) in [6, 6.07) is 2.70. The molecule has 1 amide bonds. The molecule has 3 nitrogen and oxygen atoms in total. The molecule has 0 spiro atoms. The molecule has 1 rings (SSSR count). The highest BCUT2D eigenvalue weighted by Gasteiger charge is 2.32. The fourth-order valence-electron chi connectivity index (χ4n) is 1.32. The maximum atomic E-state index is 12.5. The molecule has 0 radical (unpaired) electrons. The molecule has 0 fully saturated rings. The Labute approximate surface area is 96.8 Å². The lowest BCUT2D eigenvalue weighted by molar-refractivity contribution is -0.138. The van der Waals surface area contributed by atoms with Gasteiger partial charge in [-0.3, -0.25) is 4.79 Å². The van der Waals surface area contributed by atoms with Crippen LogP contribution in [0.3, 0.4) is 0 Å². The molecule has 0 saturated carbocycles. The Balaban J connectivity index is 2.94. The Morgan fingerprint density at radius 2 is 2.00 bits per heavy atom. The highest BCUT2D eigenvalue weighted by atomic mass is 19.4. The molecule has 0 saturated heterocycles. The van der Waals surface area contributed by atoms with Crippen molar-refractivity contribution in [1.82, 2.24) is 0 Å². The monoisotopic (exact) mass is 246 g/mol. The zero-order valence-corrected chi connectivity index (χ0v) is 9.43. The summed E-state index contributed by atoms with van der Waals surface area (Å²) in [5.41, 5.74) is 4.98. The van der Waals surface area contributed by atoms with Crippen LogP contribution in [-0.4, -0.2) is 11.9 Å². The quantitative estimate of drug-likeness (QED) is 0.841. The van der Waals surface area contributed by atoms with Crippen LogP contribution in [0.25, 0.3) is 0 Å². The minimum atomic E-state index is -4.38. The van der Waals surface area contributed by atoms with Crippen molar-refractivity contribution in [1.29, 1.82) is 0 Å². The molecule has 0 aliphatic carbocycles. The van der Waals surface area contributed by atoms with E-state index in [1.165, 1.54) is 26.0 Å². The number of anilines is 1. The average molecular weight is 246 g/mol. The van der Waals surface area contributed by atoms with Crippen molar-refractivity contribution in [3.63, 3.8) is 0 Å². The first-order valence-corrected chi connectivity index (χ1v) is 4.96. The number of halogens is 3. The highest BCUT2D eigenvalue weighted by molar-refractivity contribution is 5.94. The van der Waals surface area contributed by atoms with Crippen molar-refractivity contribution in [2.75, 3.05) is 5.32 Å². The second kappa shape index (κ2) is 4.75. The number of nitrogens with one attached hydrogen (secondary N) is 1. The van der Waals surface area contributed by atoms with Gasteiger partial charge in [0, 0.05) is 5.69 Å². The molecule has 1 aromatic carbocycles. The fourth-order valence-corrected chi connectivity index (χ4v) is 1.32. The van der Waals surface area contributed by atoms with Gasteiger partial charge >= 0.3 is 6.18 Å². The van der Waals surface area contributed by atoms with Gasteiger partial charge in [-0.1, -0.05) is 0 Å². The molecule has 0 heterocycles. The van der Waals surface area contributed by atoms with Crippen molar-refractivity contribution >= 4 is 11.6 Å². The predicted molar refractivity (Wildman–Crippen MR) is 58.5 cm³/mol. The van der Waals surface area contributed by atoms with Crippen molar-refractivity contribution in [2.45, 2.75) is 26.1 Å². The lowest BCUT2D eigenvalue weighted by Gasteiger charge is -2.13. The summed E-state index contributed by atoms with van der Waals surface area (Å²) in [5, 5.41) is 2.43. The van der Waals surface area contributed by atoms with E-state index in [4.69, 9.17) is 5.73 Å². The first-order valence-electron chi connectivity index (χ1n) is 4.96. The van der Waals surface area contributed by atoms with Crippen molar-refractivity contribution in [2.24, 2.45) is 5.73 Å². The van der Waals surface area contributed by atoms with Gasteiger partial charge in [-0.15, -0.1) is 0 Å². The third-order valence-electron chi connectivity index (χ3n) is 2.21. The summed E-state index contributed by atoms with van der Waals surface area (Å²) in [6.07, 6.45) is -4.38. The Kier molecular flexibility index (Phi) is 3.77. The SMILES string of the molecule is Cc1cc(NC(=O)C(C)N)ccc1C(F)(F)F. The van der Waals surface area contributed by atoms with Gasteiger partial charge in [-0.2, -0.15) is 13.2 Å². The number of amides is 1. The van der Waals surface area contributed by atoms with E-state index in [0.717, 1.165) is 6.07 Å². The molecule has 0 bridgehead atoms. The van der Waals surface area contributed by atoms with E-state index in [1.807, 2.05) is 0 Å². The van der Waals surface area contributed by atoms with Crippen LogP contribution in [0.5, 0.6) is 0 Å². The van der Waals surface area contributed by atoms with Crippen LogP contribution in [-0.2, 0) is 11.0 Å². The Morgan fingerprint density at radius 1 is 1.41 bits per heavy atom. The summed E-state index contributed by atoms with van der Waals surface area (Å²) in [6.45, 7) is 2.83. The number of alkyl halides is 3. The van der Waals surface area contributed by atoms with Crippen LogP contribution in [0.15, 0.2) is 18.2 Å². The molecule has 1 aromatic rings. The van der Waals surface area contributed by atoms with Gasteiger partial charge < -0.3 is 11.1 Å². The number of nitrogens with two attached hydrogens (primary N) is 1. The third kappa shape index (κ3) is 3.45. The second-order valence-electron chi connectivity index (χ2n) is 3.81. The largest absolute Gasteiger partial charge is 0.416 e. The van der Waals surface area contributed by atoms with E-state index in [2.05, 4.69) is 5.32 Å². The topological polar surface area (TPSA) is 55.1 Å². The molecule has 6 heteroatoms. The second-order valence-corrected chi connectivity index (χ2v) is 3.81. The highest BCUT2D eigenvalue weighted by Crippen LogP contribution is 2.32. The zero-order valence-electron chi connectivity index (χ0n) is 9.43. The standard InChI is InChI=1S/C11H13F3N2O/c1-6-5-8(16-10(17)7(2)15)3-4-9(6)11(12,13)14/h3-5,7H,15H2,1-2H3,(H,16,17). The molecule has 94 valence electrons. The Bertz CT molecular complexity index is 427. The smallest absolute Gasteiger partial charge is 0.325 e. The van der Waals surface area contributed by atoms with Crippen LogP contribution < -0.4 is 11.1 Å². The van der Waals surface area contributed by atoms with Gasteiger partial charge in [0.15, 0.2) is 0 Å². The first kappa shape index (κ1) is 13.5. The minimum Gasteiger partial charge on any atom is -0.325 e. The van der Waals surface area contributed by atoms with E-state index in [0.29, 0.717) is 5.69 Å². The molecular formula is C11H13F3N2O. The number of rotatable bonds is 2. The molecule has 3 N–H and O–H groups in total. The number of hydrogen-bond donors (Lipinski definition) is 2. The van der Waals surface area contributed by atoms with Crippen LogP contribution in [0.1, 0.15) is 18.1 Å². The average Bonchev–Trinajstić information content (AvgIpc) is 2.15. The van der Waals surface area contributed by atoms with Crippen molar-refractivity contribution < 1.29 is 18.0 Å². The number of hydrogen-bond acceptors (Lipinski definition) is 2. The van der Waals surface area contributed by atoms with E-state index >= 15 is 0 Å². The van der Waals surface area contributed by atoms with Crippen LogP contribution in [0.2, 0.25) is 0 Å². The summed E-state index contributed by atoms with van der Waals surface area (Å²) in [4.78, 5) is 11.2. The molecule has 1 unspecified atom stereocenters. The number of aryl methyl sites for hydroxylation is 1. The van der Waals surface area contributed by atoms with Crippen LogP contribution >= 0.6 is 0 Å². The Hall–Kier alpha value is -1.56. The van der Waals surface area contributed by atoms with Gasteiger partial charge in [0.25, 0.3) is 0 Å². The number of carbonyl (C=O) groups is 1. The Morgan fingerprint density at radius 3 is 2.41 bits per heavy atom. The van der Waals surface area contributed by atoms with E-state index < -0.39 is 23.7 Å². The molecule has 0 aliphatic heterocycles. The van der Waals surface area contributed by atoms with Gasteiger partial charge in [-0.25, -0.2) is 0 Å². The van der Waals surface area contributed by atoms with E-state index in [-0.39, 0.29) is 5.56 Å². The normalized spacial score (nSPS) is 13.3. The maximum Gasteiger partial charge on any atom is 0.416 e. The van der Waals surface area contributed by atoms with E-state index in [9.17, 15) is 18.0 Å². The molecular weight excluding hydrogens is 233 g/mol. The minimum absolute atomic E-state index is 0.0555. The van der Waals surface area contributed by atoms with Gasteiger partial charge in [0.2, 0.25) is 5.91 Å². The van der Waals surface area contributed by atoms with Gasteiger partial charge in [0.05, 0.1) is 11.6 Å². The van der Waals surface area contributed by atoms with Crippen molar-refractivity contribution in [3.8, 4) is 0 Å².